The molecule has 3 N–H and O–H groups in total. The average Bonchev–Trinajstić information content (AvgIpc) is 2.50. The number of carbonyl (C=O) groups excluding carboxylic acids is 1. The summed E-state index contributed by atoms with van der Waals surface area (Å²) in [5.74, 6) is -1.17. The van der Waals surface area contributed by atoms with Crippen LogP contribution in [0.25, 0.3) is 0 Å². The molecular weight excluding hydrogens is 204 g/mol. The third-order valence-corrected chi connectivity index (χ3v) is 1.32. The van der Waals surface area contributed by atoms with Crippen molar-refractivity contribution in [2.75, 3.05) is 11.9 Å². The SMILES string of the molecule is Cn1cc(NC(=O)NOCC(=O)O)cn1. The van der Waals surface area contributed by atoms with Crippen LogP contribution in [0.4, 0.5) is 10.5 Å². The zero-order valence-electron chi connectivity index (χ0n) is 7.93. The van der Waals surface area contributed by atoms with Crippen molar-refractivity contribution in [2.45, 2.75) is 0 Å². The smallest absolute Gasteiger partial charge is 0.343 e. The largest absolute Gasteiger partial charge is 0.479 e. The molecular formula is C7H10N4O4. The first-order valence-corrected chi connectivity index (χ1v) is 3.97. The van der Waals surface area contributed by atoms with E-state index in [1.165, 1.54) is 10.9 Å². The van der Waals surface area contributed by atoms with E-state index < -0.39 is 18.6 Å². The Labute approximate surface area is 84.8 Å². The lowest BCUT2D eigenvalue weighted by molar-refractivity contribution is -0.143. The lowest BCUT2D eigenvalue weighted by atomic mass is 10.6. The second-order valence-electron chi connectivity index (χ2n) is 2.64. The molecule has 0 fully saturated rings. The van der Waals surface area contributed by atoms with Gasteiger partial charge in [0.15, 0.2) is 6.61 Å². The van der Waals surface area contributed by atoms with Gasteiger partial charge in [-0.1, -0.05) is 0 Å². The van der Waals surface area contributed by atoms with E-state index in [0.717, 1.165) is 0 Å². The molecule has 1 aromatic rings. The number of nitrogens with zero attached hydrogens (tertiary/aromatic N) is 2. The number of hydrogen-bond acceptors (Lipinski definition) is 4. The Kier molecular flexibility index (Phi) is 3.63. The number of urea groups is 1. The maximum atomic E-state index is 11.0. The summed E-state index contributed by atoms with van der Waals surface area (Å²) in [4.78, 5) is 25.4. The third kappa shape index (κ3) is 4.09. The number of aryl methyl sites for hydroxylation is 1. The first kappa shape index (κ1) is 11.0. The number of carboxylic acids is 1. The minimum absolute atomic E-state index is 0.480. The summed E-state index contributed by atoms with van der Waals surface area (Å²) in [6, 6.07) is -0.663. The summed E-state index contributed by atoms with van der Waals surface area (Å²) in [6.07, 6.45) is 3.02. The average molecular weight is 214 g/mol. The second kappa shape index (κ2) is 4.96. The number of aliphatic carboxylic acids is 1. The fourth-order valence-corrected chi connectivity index (χ4v) is 0.806. The number of carbonyl (C=O) groups is 2. The van der Waals surface area contributed by atoms with Crippen molar-refractivity contribution in [1.29, 1.82) is 0 Å². The number of nitrogens with one attached hydrogen (secondary N) is 2. The van der Waals surface area contributed by atoms with E-state index in [0.29, 0.717) is 5.69 Å². The quantitative estimate of drug-likeness (QED) is 0.589. The molecule has 0 aliphatic rings. The summed E-state index contributed by atoms with van der Waals surface area (Å²) >= 11 is 0. The molecule has 1 aromatic heterocycles. The molecule has 8 heteroatoms. The zero-order chi connectivity index (χ0) is 11.3. The second-order valence-corrected chi connectivity index (χ2v) is 2.64. The van der Waals surface area contributed by atoms with Gasteiger partial charge in [0.05, 0.1) is 11.9 Å². The molecule has 15 heavy (non-hydrogen) atoms. The predicted octanol–water partition coefficient (Wildman–Crippen LogP) is -0.442. The first-order valence-electron chi connectivity index (χ1n) is 3.97. The number of hydroxylamine groups is 1. The Morgan fingerprint density at radius 2 is 2.40 bits per heavy atom. The first-order chi connectivity index (χ1) is 7.08. The predicted molar refractivity (Wildman–Crippen MR) is 49.0 cm³/mol. The van der Waals surface area contributed by atoms with Crippen LogP contribution in [0, 0.1) is 0 Å². The highest BCUT2D eigenvalue weighted by Gasteiger charge is 2.04. The fraction of sp³-hybridized carbons (Fsp3) is 0.286. The highest BCUT2D eigenvalue weighted by atomic mass is 16.7. The molecule has 0 spiro atoms. The van der Waals surface area contributed by atoms with Gasteiger partial charge >= 0.3 is 12.0 Å². The number of amides is 2. The van der Waals surface area contributed by atoms with E-state index in [1.807, 2.05) is 5.48 Å². The van der Waals surface area contributed by atoms with Gasteiger partial charge in [-0.15, -0.1) is 0 Å². The van der Waals surface area contributed by atoms with Crippen molar-refractivity contribution in [1.82, 2.24) is 15.3 Å². The van der Waals surface area contributed by atoms with Crippen LogP contribution >= 0.6 is 0 Å². The van der Waals surface area contributed by atoms with Crippen LogP contribution in [0.3, 0.4) is 0 Å². The van der Waals surface area contributed by atoms with Gasteiger partial charge in [0.25, 0.3) is 0 Å². The van der Waals surface area contributed by atoms with Crippen molar-refractivity contribution >= 4 is 17.7 Å². The molecule has 0 aliphatic carbocycles. The lowest BCUT2D eigenvalue weighted by Gasteiger charge is -2.03. The van der Waals surface area contributed by atoms with Gasteiger partial charge < -0.3 is 10.4 Å². The number of anilines is 1. The number of hydrogen-bond donors (Lipinski definition) is 3. The fourth-order valence-electron chi connectivity index (χ4n) is 0.806. The molecule has 0 unspecified atom stereocenters. The van der Waals surface area contributed by atoms with Gasteiger partial charge in [-0.3, -0.25) is 9.52 Å². The molecule has 0 radical (unpaired) electrons. The maximum absolute atomic E-state index is 11.0. The Morgan fingerprint density at radius 1 is 1.67 bits per heavy atom. The van der Waals surface area contributed by atoms with Crippen molar-refractivity contribution in [3.8, 4) is 0 Å². The zero-order valence-corrected chi connectivity index (χ0v) is 7.93. The number of carboxylic acid groups (broad SMARTS) is 1. The summed E-state index contributed by atoms with van der Waals surface area (Å²) in [7, 11) is 1.70. The summed E-state index contributed by atoms with van der Waals surface area (Å²) in [5.41, 5.74) is 2.38. The Balaban J connectivity index is 2.27. The minimum atomic E-state index is -1.17. The van der Waals surface area contributed by atoms with Crippen molar-refractivity contribution in [3.05, 3.63) is 12.4 Å². The molecule has 8 nitrogen and oxygen atoms in total. The van der Waals surface area contributed by atoms with Crippen LogP contribution in [0.2, 0.25) is 0 Å². The third-order valence-electron chi connectivity index (χ3n) is 1.32. The van der Waals surface area contributed by atoms with Gasteiger partial charge in [-0.05, 0) is 0 Å². The van der Waals surface area contributed by atoms with Gasteiger partial charge in [-0.25, -0.2) is 15.1 Å². The van der Waals surface area contributed by atoms with Crippen molar-refractivity contribution in [3.63, 3.8) is 0 Å². The van der Waals surface area contributed by atoms with E-state index >= 15 is 0 Å². The number of rotatable bonds is 4. The van der Waals surface area contributed by atoms with Gasteiger partial charge in [0, 0.05) is 13.2 Å². The molecule has 0 bridgehead atoms. The maximum Gasteiger partial charge on any atom is 0.343 e. The van der Waals surface area contributed by atoms with Crippen LogP contribution in [-0.2, 0) is 16.7 Å². The topological polar surface area (TPSA) is 105 Å². The van der Waals surface area contributed by atoms with Crippen LogP contribution in [-0.4, -0.2) is 33.5 Å². The van der Waals surface area contributed by atoms with Crippen LogP contribution < -0.4 is 10.8 Å². The molecule has 0 saturated heterocycles. The molecule has 1 heterocycles. The van der Waals surface area contributed by atoms with E-state index in [9.17, 15) is 9.59 Å². The summed E-state index contributed by atoms with van der Waals surface area (Å²) in [6.45, 7) is -0.597. The minimum Gasteiger partial charge on any atom is -0.479 e. The highest BCUT2D eigenvalue weighted by molar-refractivity contribution is 5.88. The Morgan fingerprint density at radius 3 is 2.93 bits per heavy atom. The highest BCUT2D eigenvalue weighted by Crippen LogP contribution is 2.02. The molecule has 0 aliphatic heterocycles. The van der Waals surface area contributed by atoms with Gasteiger partial charge in [-0.2, -0.15) is 5.10 Å². The monoisotopic (exact) mass is 214 g/mol. The summed E-state index contributed by atoms with van der Waals surface area (Å²) in [5, 5.41) is 14.4. The van der Waals surface area contributed by atoms with Gasteiger partial charge in [0.1, 0.15) is 0 Å². The standard InChI is InChI=1S/C7H10N4O4/c1-11-3-5(2-8-11)9-7(14)10-15-4-6(12)13/h2-3H,4H2,1H3,(H,12,13)(H2,9,10,14). The lowest BCUT2D eigenvalue weighted by Crippen LogP contribution is -2.30. The summed E-state index contributed by atoms with van der Waals surface area (Å²) < 4.78 is 1.51. The van der Waals surface area contributed by atoms with E-state index in [-0.39, 0.29) is 0 Å². The van der Waals surface area contributed by atoms with E-state index in [4.69, 9.17) is 5.11 Å². The Bertz CT molecular complexity index is 362. The van der Waals surface area contributed by atoms with Crippen molar-refractivity contribution in [2.24, 2.45) is 7.05 Å². The molecule has 0 atom stereocenters. The van der Waals surface area contributed by atoms with Crippen LogP contribution in [0.1, 0.15) is 0 Å². The molecule has 2 amide bonds. The van der Waals surface area contributed by atoms with Crippen molar-refractivity contribution < 1.29 is 19.5 Å². The van der Waals surface area contributed by atoms with E-state index in [2.05, 4.69) is 15.3 Å². The normalized spacial score (nSPS) is 9.67. The van der Waals surface area contributed by atoms with Crippen LogP contribution in [0.15, 0.2) is 12.4 Å². The van der Waals surface area contributed by atoms with E-state index in [1.54, 1.807) is 13.2 Å². The molecule has 1 rings (SSSR count). The Hall–Kier alpha value is -2.09. The molecule has 82 valence electrons. The van der Waals surface area contributed by atoms with Gasteiger partial charge in [0.2, 0.25) is 0 Å². The molecule has 0 saturated carbocycles. The van der Waals surface area contributed by atoms with Crippen LogP contribution in [0.5, 0.6) is 0 Å². The molecule has 0 aromatic carbocycles. The number of aromatic nitrogens is 2.